The molecule has 0 unspecified atom stereocenters. The Bertz CT molecular complexity index is 677. The number of aromatic carboxylic acids is 1. The number of nitrogens with zero attached hydrogens (tertiary/aromatic N) is 3. The van der Waals surface area contributed by atoms with Crippen LogP contribution >= 0.6 is 0 Å². The fourth-order valence-corrected chi connectivity index (χ4v) is 1.91. The van der Waals surface area contributed by atoms with Crippen LogP contribution in [-0.4, -0.2) is 25.8 Å². The molecular weight excluding hydrogens is 294 g/mol. The van der Waals surface area contributed by atoms with Crippen molar-refractivity contribution in [1.82, 2.24) is 14.8 Å². The minimum Gasteiger partial charge on any atom is -0.478 e. The van der Waals surface area contributed by atoms with E-state index in [1.165, 1.54) is 13.0 Å². The standard InChI is InChI=1S/C12H9F4N3O2/c1-2-7-9(11(20)21)10(12(14,15)16)18-19(7)6-3-4-8(13)17-5-6/h3-5H,2H2,1H3,(H,20,21). The summed E-state index contributed by atoms with van der Waals surface area (Å²) in [6.07, 6.45) is -3.92. The smallest absolute Gasteiger partial charge is 0.436 e. The zero-order chi connectivity index (χ0) is 15.8. The van der Waals surface area contributed by atoms with Gasteiger partial charge in [0.15, 0.2) is 5.69 Å². The molecule has 0 aromatic carbocycles. The van der Waals surface area contributed by atoms with Crippen LogP contribution in [0.5, 0.6) is 0 Å². The highest BCUT2D eigenvalue weighted by atomic mass is 19.4. The molecule has 5 nitrogen and oxygen atoms in total. The number of alkyl halides is 3. The molecule has 21 heavy (non-hydrogen) atoms. The lowest BCUT2D eigenvalue weighted by atomic mass is 10.1. The summed E-state index contributed by atoms with van der Waals surface area (Å²) in [6.45, 7) is 1.50. The van der Waals surface area contributed by atoms with Gasteiger partial charge in [0.2, 0.25) is 5.95 Å². The number of pyridine rings is 1. The molecule has 0 radical (unpaired) electrons. The molecular formula is C12H9F4N3O2. The SMILES string of the molecule is CCc1c(C(=O)O)c(C(F)(F)F)nn1-c1ccc(F)nc1. The number of hydrogen-bond donors (Lipinski definition) is 1. The number of halogens is 4. The van der Waals surface area contributed by atoms with Crippen molar-refractivity contribution in [3.05, 3.63) is 41.2 Å². The monoisotopic (exact) mass is 303 g/mol. The number of rotatable bonds is 3. The first-order valence-electron chi connectivity index (χ1n) is 5.80. The van der Waals surface area contributed by atoms with Crippen molar-refractivity contribution in [2.24, 2.45) is 0 Å². The molecule has 0 amide bonds. The topological polar surface area (TPSA) is 68.0 Å². The summed E-state index contributed by atoms with van der Waals surface area (Å²) >= 11 is 0. The molecule has 2 aromatic heterocycles. The number of carboxylic acid groups (broad SMARTS) is 1. The van der Waals surface area contributed by atoms with E-state index < -0.39 is 29.4 Å². The molecule has 2 aromatic rings. The predicted octanol–water partition coefficient (Wildman–Crippen LogP) is 2.69. The first kappa shape index (κ1) is 14.9. The van der Waals surface area contributed by atoms with Crippen LogP contribution in [0.15, 0.2) is 18.3 Å². The molecule has 0 aliphatic rings. The van der Waals surface area contributed by atoms with Gasteiger partial charge in [-0.1, -0.05) is 6.92 Å². The van der Waals surface area contributed by atoms with Crippen molar-refractivity contribution in [2.75, 3.05) is 0 Å². The lowest BCUT2D eigenvalue weighted by molar-refractivity contribution is -0.141. The fourth-order valence-electron chi connectivity index (χ4n) is 1.91. The predicted molar refractivity (Wildman–Crippen MR) is 62.7 cm³/mol. The summed E-state index contributed by atoms with van der Waals surface area (Å²) in [5, 5.41) is 12.3. The average Bonchev–Trinajstić information content (AvgIpc) is 2.79. The van der Waals surface area contributed by atoms with Crippen LogP contribution in [0.4, 0.5) is 17.6 Å². The van der Waals surface area contributed by atoms with Crippen molar-refractivity contribution >= 4 is 5.97 Å². The lowest BCUT2D eigenvalue weighted by Gasteiger charge is -2.05. The molecule has 0 saturated carbocycles. The summed E-state index contributed by atoms with van der Waals surface area (Å²) < 4.78 is 52.3. The highest BCUT2D eigenvalue weighted by Gasteiger charge is 2.41. The Kier molecular flexibility index (Phi) is 3.67. The van der Waals surface area contributed by atoms with E-state index in [2.05, 4.69) is 10.1 Å². The van der Waals surface area contributed by atoms with E-state index in [9.17, 15) is 22.4 Å². The Balaban J connectivity index is 2.72. The Morgan fingerprint density at radius 1 is 1.38 bits per heavy atom. The molecule has 0 fully saturated rings. The van der Waals surface area contributed by atoms with E-state index in [1.54, 1.807) is 0 Å². The van der Waals surface area contributed by atoms with Crippen molar-refractivity contribution in [3.63, 3.8) is 0 Å². The van der Waals surface area contributed by atoms with Crippen LogP contribution in [0, 0.1) is 5.95 Å². The van der Waals surface area contributed by atoms with Crippen LogP contribution < -0.4 is 0 Å². The molecule has 0 aliphatic carbocycles. The maximum absolute atomic E-state index is 12.9. The third-order valence-electron chi connectivity index (χ3n) is 2.75. The molecule has 0 atom stereocenters. The van der Waals surface area contributed by atoms with Gasteiger partial charge in [0, 0.05) is 0 Å². The quantitative estimate of drug-likeness (QED) is 0.699. The van der Waals surface area contributed by atoms with Gasteiger partial charge in [-0.25, -0.2) is 14.5 Å². The van der Waals surface area contributed by atoms with E-state index in [4.69, 9.17) is 5.11 Å². The summed E-state index contributed by atoms with van der Waals surface area (Å²) in [5.41, 5.74) is -2.49. The summed E-state index contributed by atoms with van der Waals surface area (Å²) in [6, 6.07) is 2.12. The van der Waals surface area contributed by atoms with Gasteiger partial charge in [-0.05, 0) is 18.6 Å². The fraction of sp³-hybridized carbons (Fsp3) is 0.250. The second kappa shape index (κ2) is 5.15. The number of aromatic nitrogens is 3. The Hall–Kier alpha value is -2.45. The maximum Gasteiger partial charge on any atom is 0.436 e. The third-order valence-corrected chi connectivity index (χ3v) is 2.75. The first-order valence-corrected chi connectivity index (χ1v) is 5.80. The molecule has 0 aliphatic heterocycles. The Labute approximate surface area is 115 Å². The zero-order valence-corrected chi connectivity index (χ0v) is 10.6. The van der Waals surface area contributed by atoms with E-state index in [-0.39, 0.29) is 17.8 Å². The van der Waals surface area contributed by atoms with Crippen molar-refractivity contribution < 1.29 is 27.5 Å². The van der Waals surface area contributed by atoms with Crippen molar-refractivity contribution in [1.29, 1.82) is 0 Å². The van der Waals surface area contributed by atoms with Gasteiger partial charge in [-0.15, -0.1) is 0 Å². The van der Waals surface area contributed by atoms with E-state index in [0.717, 1.165) is 16.9 Å². The lowest BCUT2D eigenvalue weighted by Crippen LogP contribution is -2.12. The van der Waals surface area contributed by atoms with E-state index in [1.807, 2.05) is 0 Å². The molecule has 9 heteroatoms. The maximum atomic E-state index is 12.9. The third kappa shape index (κ3) is 2.71. The van der Waals surface area contributed by atoms with Crippen LogP contribution in [0.2, 0.25) is 0 Å². The summed E-state index contributed by atoms with van der Waals surface area (Å²) in [4.78, 5) is 14.4. The van der Waals surface area contributed by atoms with Gasteiger partial charge in [-0.2, -0.15) is 22.7 Å². The number of carboxylic acids is 1. The van der Waals surface area contributed by atoms with Crippen LogP contribution in [0.3, 0.4) is 0 Å². The van der Waals surface area contributed by atoms with Gasteiger partial charge in [0.1, 0.15) is 5.56 Å². The molecule has 2 heterocycles. The first-order chi connectivity index (χ1) is 9.75. The van der Waals surface area contributed by atoms with Crippen LogP contribution in [-0.2, 0) is 12.6 Å². The second-order valence-electron chi connectivity index (χ2n) is 4.08. The highest BCUT2D eigenvalue weighted by molar-refractivity contribution is 5.90. The Morgan fingerprint density at radius 2 is 2.05 bits per heavy atom. The molecule has 0 saturated heterocycles. The highest BCUT2D eigenvalue weighted by Crippen LogP contribution is 2.33. The minimum absolute atomic E-state index is 0.00207. The Morgan fingerprint density at radius 3 is 2.48 bits per heavy atom. The number of hydrogen-bond acceptors (Lipinski definition) is 3. The largest absolute Gasteiger partial charge is 0.478 e. The van der Waals surface area contributed by atoms with Gasteiger partial charge in [0.25, 0.3) is 0 Å². The molecule has 112 valence electrons. The average molecular weight is 303 g/mol. The van der Waals surface area contributed by atoms with Crippen LogP contribution in [0.1, 0.15) is 28.7 Å². The molecule has 2 rings (SSSR count). The molecule has 1 N–H and O–H groups in total. The number of carbonyl (C=O) groups is 1. The van der Waals surface area contributed by atoms with Crippen LogP contribution in [0.25, 0.3) is 5.69 Å². The van der Waals surface area contributed by atoms with Gasteiger partial charge in [0.05, 0.1) is 17.6 Å². The molecule has 0 bridgehead atoms. The zero-order valence-electron chi connectivity index (χ0n) is 10.6. The summed E-state index contributed by atoms with van der Waals surface area (Å²) in [7, 11) is 0. The van der Waals surface area contributed by atoms with Crippen molar-refractivity contribution in [2.45, 2.75) is 19.5 Å². The summed E-state index contributed by atoms with van der Waals surface area (Å²) in [5.74, 6) is -2.53. The minimum atomic E-state index is -4.91. The van der Waals surface area contributed by atoms with E-state index >= 15 is 0 Å². The van der Waals surface area contributed by atoms with Gasteiger partial charge >= 0.3 is 12.1 Å². The molecule has 0 spiro atoms. The van der Waals surface area contributed by atoms with Gasteiger partial charge in [-0.3, -0.25) is 0 Å². The normalized spacial score (nSPS) is 11.7. The van der Waals surface area contributed by atoms with Gasteiger partial charge < -0.3 is 5.11 Å². The second-order valence-corrected chi connectivity index (χ2v) is 4.08. The van der Waals surface area contributed by atoms with E-state index in [0.29, 0.717) is 0 Å². The van der Waals surface area contributed by atoms with Crippen molar-refractivity contribution in [3.8, 4) is 5.69 Å².